The molecule has 0 radical (unpaired) electrons. The zero-order chi connectivity index (χ0) is 14.1. The zero-order valence-corrected chi connectivity index (χ0v) is 12.4. The molecular weight excluding hydrogens is 248 g/mol. The van der Waals surface area contributed by atoms with Gasteiger partial charge in [-0.05, 0) is 17.9 Å². The Hall–Kier alpha value is -1.68. The van der Waals surface area contributed by atoms with E-state index in [1.807, 2.05) is 0 Å². The van der Waals surface area contributed by atoms with Crippen molar-refractivity contribution in [1.82, 2.24) is 20.1 Å². The minimum atomic E-state index is 0.333. The van der Waals surface area contributed by atoms with Crippen LogP contribution in [0.5, 0.6) is 0 Å². The van der Waals surface area contributed by atoms with E-state index in [-0.39, 0.29) is 0 Å². The monoisotopic (exact) mass is 270 g/mol. The molecule has 0 bridgehead atoms. The van der Waals surface area contributed by atoms with Crippen LogP contribution >= 0.6 is 0 Å². The third kappa shape index (κ3) is 2.24. The highest BCUT2D eigenvalue weighted by Gasteiger charge is 2.23. The molecule has 0 spiro atoms. The number of aromatic nitrogens is 3. The molecule has 0 saturated heterocycles. The van der Waals surface area contributed by atoms with E-state index in [1.165, 1.54) is 5.56 Å². The average Bonchev–Trinajstić information content (AvgIpc) is 2.91. The lowest BCUT2D eigenvalue weighted by Gasteiger charge is -2.24. The van der Waals surface area contributed by atoms with Crippen molar-refractivity contribution in [3.63, 3.8) is 0 Å². The van der Waals surface area contributed by atoms with E-state index in [0.29, 0.717) is 12.0 Å². The minimum absolute atomic E-state index is 0.333. The molecule has 0 fully saturated rings. The second-order valence-electron chi connectivity index (χ2n) is 5.73. The summed E-state index contributed by atoms with van der Waals surface area (Å²) < 4.78 is 2.26. The fourth-order valence-electron chi connectivity index (χ4n) is 2.79. The molecule has 1 aliphatic heterocycles. The second-order valence-corrected chi connectivity index (χ2v) is 5.73. The van der Waals surface area contributed by atoms with Crippen molar-refractivity contribution in [2.75, 3.05) is 6.54 Å². The van der Waals surface area contributed by atoms with Gasteiger partial charge in [-0.1, -0.05) is 45.0 Å². The lowest BCUT2D eigenvalue weighted by atomic mass is 10.0. The molecule has 2 heterocycles. The highest BCUT2D eigenvalue weighted by Crippen LogP contribution is 2.26. The van der Waals surface area contributed by atoms with Crippen LogP contribution in [0.4, 0.5) is 0 Å². The smallest absolute Gasteiger partial charge is 0.164 e. The minimum Gasteiger partial charge on any atom is -0.308 e. The molecule has 1 unspecified atom stereocenters. The van der Waals surface area contributed by atoms with Crippen LogP contribution in [-0.2, 0) is 6.54 Å². The number of rotatable bonds is 3. The summed E-state index contributed by atoms with van der Waals surface area (Å²) in [5.74, 6) is 2.63. The van der Waals surface area contributed by atoms with Gasteiger partial charge in [0.05, 0.1) is 6.04 Å². The van der Waals surface area contributed by atoms with E-state index < -0.39 is 0 Å². The number of hydrogen-bond acceptors (Lipinski definition) is 3. The first kappa shape index (κ1) is 13.3. The molecule has 0 saturated carbocycles. The fourth-order valence-corrected chi connectivity index (χ4v) is 2.79. The van der Waals surface area contributed by atoms with Crippen LogP contribution in [0, 0.1) is 0 Å². The Morgan fingerprint density at radius 2 is 2.00 bits per heavy atom. The predicted octanol–water partition coefficient (Wildman–Crippen LogP) is 3.12. The molecule has 4 heteroatoms. The topological polar surface area (TPSA) is 42.7 Å². The van der Waals surface area contributed by atoms with Crippen molar-refractivity contribution in [3.8, 4) is 11.4 Å². The summed E-state index contributed by atoms with van der Waals surface area (Å²) >= 11 is 0. The van der Waals surface area contributed by atoms with Crippen LogP contribution in [0.25, 0.3) is 11.4 Å². The molecule has 1 aromatic heterocycles. The van der Waals surface area contributed by atoms with Crippen LogP contribution in [0.3, 0.4) is 0 Å². The van der Waals surface area contributed by atoms with E-state index in [2.05, 4.69) is 65.1 Å². The van der Waals surface area contributed by atoms with Gasteiger partial charge >= 0.3 is 0 Å². The SMILES string of the molecule is CCC1NCCn2c(-c3ccc(C(C)C)cc3)nnc21. The van der Waals surface area contributed by atoms with Crippen LogP contribution < -0.4 is 5.32 Å². The van der Waals surface area contributed by atoms with Crippen molar-refractivity contribution in [3.05, 3.63) is 35.7 Å². The average molecular weight is 270 g/mol. The Kier molecular flexibility index (Phi) is 3.57. The molecule has 2 aromatic rings. The highest BCUT2D eigenvalue weighted by molar-refractivity contribution is 5.56. The second kappa shape index (κ2) is 5.37. The van der Waals surface area contributed by atoms with Gasteiger partial charge in [0, 0.05) is 18.7 Å². The third-order valence-corrected chi connectivity index (χ3v) is 4.06. The van der Waals surface area contributed by atoms with Crippen LogP contribution in [0.1, 0.15) is 50.5 Å². The molecule has 1 aliphatic rings. The quantitative estimate of drug-likeness (QED) is 0.931. The van der Waals surface area contributed by atoms with Crippen LogP contribution in [-0.4, -0.2) is 21.3 Å². The van der Waals surface area contributed by atoms with Gasteiger partial charge in [0.2, 0.25) is 0 Å². The molecule has 4 nitrogen and oxygen atoms in total. The van der Waals surface area contributed by atoms with Crippen molar-refractivity contribution < 1.29 is 0 Å². The van der Waals surface area contributed by atoms with Gasteiger partial charge in [-0.2, -0.15) is 0 Å². The van der Waals surface area contributed by atoms with Gasteiger partial charge in [-0.3, -0.25) is 0 Å². The Morgan fingerprint density at radius 3 is 2.65 bits per heavy atom. The van der Waals surface area contributed by atoms with Crippen molar-refractivity contribution >= 4 is 0 Å². The predicted molar refractivity (Wildman–Crippen MR) is 80.6 cm³/mol. The maximum Gasteiger partial charge on any atom is 0.164 e. The van der Waals surface area contributed by atoms with Crippen molar-refractivity contribution in [2.24, 2.45) is 0 Å². The Morgan fingerprint density at radius 1 is 1.25 bits per heavy atom. The van der Waals surface area contributed by atoms with E-state index in [9.17, 15) is 0 Å². The number of hydrogen-bond donors (Lipinski definition) is 1. The summed E-state index contributed by atoms with van der Waals surface area (Å²) in [7, 11) is 0. The Labute approximate surface area is 120 Å². The number of nitrogens with one attached hydrogen (secondary N) is 1. The highest BCUT2D eigenvalue weighted by atomic mass is 15.3. The normalized spacial score (nSPS) is 18.3. The van der Waals surface area contributed by atoms with Gasteiger partial charge in [-0.25, -0.2) is 0 Å². The largest absolute Gasteiger partial charge is 0.308 e. The summed E-state index contributed by atoms with van der Waals surface area (Å²) in [4.78, 5) is 0. The lowest BCUT2D eigenvalue weighted by Crippen LogP contribution is -2.33. The van der Waals surface area contributed by atoms with Crippen molar-refractivity contribution in [2.45, 2.75) is 45.7 Å². The van der Waals surface area contributed by atoms with Crippen molar-refractivity contribution in [1.29, 1.82) is 0 Å². The maximum absolute atomic E-state index is 4.41. The summed E-state index contributed by atoms with van der Waals surface area (Å²) in [5, 5.41) is 12.3. The van der Waals surface area contributed by atoms with E-state index >= 15 is 0 Å². The first-order valence-electron chi connectivity index (χ1n) is 7.47. The molecule has 20 heavy (non-hydrogen) atoms. The summed E-state index contributed by atoms with van der Waals surface area (Å²) in [6, 6.07) is 9.05. The van der Waals surface area contributed by atoms with Crippen LogP contribution in [0.15, 0.2) is 24.3 Å². The third-order valence-electron chi connectivity index (χ3n) is 4.06. The molecule has 1 aromatic carbocycles. The van der Waals surface area contributed by atoms with Gasteiger partial charge < -0.3 is 9.88 Å². The van der Waals surface area contributed by atoms with Gasteiger partial charge in [0.25, 0.3) is 0 Å². The number of nitrogens with zero attached hydrogens (tertiary/aromatic N) is 3. The number of benzene rings is 1. The molecule has 1 atom stereocenters. The molecule has 106 valence electrons. The summed E-state index contributed by atoms with van der Waals surface area (Å²) in [6.45, 7) is 8.54. The summed E-state index contributed by atoms with van der Waals surface area (Å²) in [5.41, 5.74) is 2.52. The lowest BCUT2D eigenvalue weighted by molar-refractivity contribution is 0.407. The standard InChI is InChI=1S/C16H22N4/c1-4-14-16-19-18-15(20(16)10-9-17-14)13-7-5-12(6-8-13)11(2)3/h5-8,11,14,17H,4,9-10H2,1-3H3. The maximum atomic E-state index is 4.41. The van der Waals surface area contributed by atoms with E-state index in [0.717, 1.165) is 36.7 Å². The molecular formula is C16H22N4. The van der Waals surface area contributed by atoms with E-state index in [1.54, 1.807) is 0 Å². The molecule has 1 N–H and O–H groups in total. The van der Waals surface area contributed by atoms with Gasteiger partial charge in [0.1, 0.15) is 0 Å². The van der Waals surface area contributed by atoms with Crippen LogP contribution in [0.2, 0.25) is 0 Å². The Bertz CT molecular complexity index is 583. The first-order chi connectivity index (χ1) is 9.70. The molecule has 0 aliphatic carbocycles. The van der Waals surface area contributed by atoms with E-state index in [4.69, 9.17) is 0 Å². The first-order valence-corrected chi connectivity index (χ1v) is 7.47. The molecule has 3 rings (SSSR count). The molecule has 0 amide bonds. The fraction of sp³-hybridized carbons (Fsp3) is 0.500. The number of fused-ring (bicyclic) bond motifs is 1. The Balaban J connectivity index is 1.97. The zero-order valence-electron chi connectivity index (χ0n) is 12.4. The van der Waals surface area contributed by atoms with Gasteiger partial charge in [0.15, 0.2) is 11.6 Å². The van der Waals surface area contributed by atoms with Gasteiger partial charge in [-0.15, -0.1) is 10.2 Å². The summed E-state index contributed by atoms with van der Waals surface area (Å²) in [6.07, 6.45) is 1.05.